The predicted molar refractivity (Wildman–Crippen MR) is 141 cm³/mol. The van der Waals surface area contributed by atoms with Gasteiger partial charge in [0.1, 0.15) is 16.7 Å². The largest absolute Gasteiger partial charge is 0.340 e. The van der Waals surface area contributed by atoms with Crippen LogP contribution in [-0.2, 0) is 6.54 Å². The third-order valence-corrected chi connectivity index (χ3v) is 7.37. The van der Waals surface area contributed by atoms with Gasteiger partial charge in [0.25, 0.3) is 5.56 Å². The Balaban J connectivity index is 1.16. The minimum Gasteiger partial charge on any atom is -0.340 e. The van der Waals surface area contributed by atoms with E-state index in [0.29, 0.717) is 41.7 Å². The van der Waals surface area contributed by atoms with E-state index in [2.05, 4.69) is 67.9 Å². The van der Waals surface area contributed by atoms with Gasteiger partial charge < -0.3 is 15.1 Å². The summed E-state index contributed by atoms with van der Waals surface area (Å²) in [7, 11) is 0. The molecule has 0 spiro atoms. The van der Waals surface area contributed by atoms with Gasteiger partial charge in [-0.1, -0.05) is 17.3 Å². The van der Waals surface area contributed by atoms with Crippen LogP contribution < -0.4 is 15.8 Å². The van der Waals surface area contributed by atoms with Gasteiger partial charge in [0, 0.05) is 44.1 Å². The van der Waals surface area contributed by atoms with Gasteiger partial charge in [0.2, 0.25) is 12.0 Å². The summed E-state index contributed by atoms with van der Waals surface area (Å²) in [6.07, 6.45) is 5.13. The van der Waals surface area contributed by atoms with E-state index in [-0.39, 0.29) is 11.6 Å². The van der Waals surface area contributed by atoms with Gasteiger partial charge in [-0.2, -0.15) is 15.3 Å². The lowest BCUT2D eigenvalue weighted by molar-refractivity contribution is 0.201. The van der Waals surface area contributed by atoms with E-state index in [9.17, 15) is 4.79 Å². The van der Waals surface area contributed by atoms with E-state index in [0.717, 1.165) is 56.8 Å². The number of H-pyrrole nitrogens is 2. The molecule has 0 radical (unpaired) electrons. The normalized spacial score (nSPS) is 17.5. The molecule has 6 rings (SSSR count). The van der Waals surface area contributed by atoms with E-state index in [1.807, 2.05) is 12.1 Å². The summed E-state index contributed by atoms with van der Waals surface area (Å²) in [5.74, 6) is 2.15. The van der Waals surface area contributed by atoms with Gasteiger partial charge in [0.15, 0.2) is 5.82 Å². The molecule has 0 amide bonds. The van der Waals surface area contributed by atoms with Gasteiger partial charge in [-0.15, -0.1) is 10.2 Å². The molecule has 0 atom stereocenters. The lowest BCUT2D eigenvalue weighted by atomic mass is 9.96. The number of nitrogens with one attached hydrogen (secondary N) is 3. The molecule has 2 aliphatic heterocycles. The van der Waals surface area contributed by atoms with Crippen molar-refractivity contribution in [2.75, 3.05) is 36.4 Å². The van der Waals surface area contributed by atoms with Crippen LogP contribution in [0, 0.1) is 6.57 Å². The highest BCUT2D eigenvalue weighted by atomic mass is 16.1. The highest BCUT2D eigenvalue weighted by Crippen LogP contribution is 2.28. The van der Waals surface area contributed by atoms with Crippen LogP contribution in [0.4, 0.5) is 17.5 Å². The lowest BCUT2D eigenvalue weighted by Crippen LogP contribution is -2.36. The molecule has 4 aromatic rings. The molecule has 2 aliphatic rings. The summed E-state index contributed by atoms with van der Waals surface area (Å²) in [5.41, 5.74) is 2.18. The summed E-state index contributed by atoms with van der Waals surface area (Å²) < 4.78 is 0. The van der Waals surface area contributed by atoms with E-state index >= 15 is 0 Å². The zero-order chi connectivity index (χ0) is 25.9. The monoisotopic (exact) mass is 512 g/mol. The summed E-state index contributed by atoms with van der Waals surface area (Å²) in [6, 6.07) is 8.25. The van der Waals surface area contributed by atoms with E-state index < -0.39 is 0 Å². The second-order valence-corrected chi connectivity index (χ2v) is 9.82. The Morgan fingerprint density at radius 2 is 1.84 bits per heavy atom. The third-order valence-electron chi connectivity index (χ3n) is 7.37. The zero-order valence-electron chi connectivity index (χ0n) is 20.8. The van der Waals surface area contributed by atoms with Crippen molar-refractivity contribution < 1.29 is 0 Å². The number of likely N-dealkylation sites (tertiary alicyclic amines) is 1. The first-order valence-corrected chi connectivity index (χ1v) is 12.8. The molecule has 2 fully saturated rings. The number of rotatable bonds is 6. The highest BCUT2D eigenvalue weighted by Gasteiger charge is 2.26. The van der Waals surface area contributed by atoms with Gasteiger partial charge in [-0.25, -0.2) is 16.7 Å². The minimum atomic E-state index is -0.343. The molecule has 38 heavy (non-hydrogen) atoms. The number of aromatic nitrogens is 8. The van der Waals surface area contributed by atoms with Crippen LogP contribution in [0.15, 0.2) is 35.3 Å². The standard InChI is InChI=1S/C25H28N12O/c1-26-18-8-12-37(13-9-18)25-29-20-14-27-33-24(38)21(20)23(30-25)28-19-4-2-16(3-5-19)15-36-10-6-17(7-11-36)22-31-34-35-32-22/h2-5,14,17-18H,6-13,15H2,(H,33,38)(H,28,29,30)(H,31,32,34,35). The molecule has 1 aromatic carbocycles. The maximum atomic E-state index is 12.6. The van der Waals surface area contributed by atoms with Crippen LogP contribution in [0.3, 0.4) is 0 Å². The number of aromatic amines is 2. The quantitative estimate of drug-likeness (QED) is 0.328. The number of anilines is 3. The van der Waals surface area contributed by atoms with Crippen molar-refractivity contribution >= 4 is 28.4 Å². The van der Waals surface area contributed by atoms with Gasteiger partial charge in [0.05, 0.1) is 6.20 Å². The molecule has 2 saturated heterocycles. The smallest absolute Gasteiger partial charge is 0.277 e. The Morgan fingerprint density at radius 1 is 1.05 bits per heavy atom. The van der Waals surface area contributed by atoms with Crippen LogP contribution in [0.5, 0.6) is 0 Å². The number of piperidine rings is 2. The molecule has 13 nitrogen and oxygen atoms in total. The molecule has 3 aromatic heterocycles. The fraction of sp³-hybridized carbons (Fsp3) is 0.440. The molecule has 5 heterocycles. The van der Waals surface area contributed by atoms with Crippen molar-refractivity contribution in [2.45, 2.75) is 44.2 Å². The number of hydrogen-bond acceptors (Lipinski definition) is 10. The first-order valence-electron chi connectivity index (χ1n) is 12.8. The van der Waals surface area contributed by atoms with Gasteiger partial charge >= 0.3 is 0 Å². The van der Waals surface area contributed by atoms with Crippen molar-refractivity contribution in [1.82, 2.24) is 45.7 Å². The topological polar surface area (TPSA) is 149 Å². The Hall–Kier alpha value is -4.44. The van der Waals surface area contributed by atoms with Crippen LogP contribution >= 0.6 is 0 Å². The number of benzene rings is 1. The lowest BCUT2D eigenvalue weighted by Gasteiger charge is -2.30. The van der Waals surface area contributed by atoms with Crippen molar-refractivity contribution in [3.63, 3.8) is 0 Å². The number of nitrogens with zero attached hydrogens (tertiary/aromatic N) is 9. The summed E-state index contributed by atoms with van der Waals surface area (Å²) in [4.78, 5) is 30.1. The molecule has 0 unspecified atom stereocenters. The highest BCUT2D eigenvalue weighted by molar-refractivity contribution is 5.90. The Kier molecular flexibility index (Phi) is 6.62. The second-order valence-electron chi connectivity index (χ2n) is 9.82. The first-order chi connectivity index (χ1) is 18.7. The maximum absolute atomic E-state index is 12.6. The molecule has 13 heteroatoms. The Bertz CT molecular complexity index is 1480. The van der Waals surface area contributed by atoms with Crippen LogP contribution in [0.2, 0.25) is 0 Å². The van der Waals surface area contributed by atoms with Crippen molar-refractivity contribution in [1.29, 1.82) is 0 Å². The number of tetrazole rings is 1. The average molecular weight is 513 g/mol. The number of fused-ring (bicyclic) bond motifs is 1. The summed E-state index contributed by atoms with van der Waals surface area (Å²) >= 11 is 0. The molecular weight excluding hydrogens is 484 g/mol. The Labute approximate surface area is 218 Å². The summed E-state index contributed by atoms with van der Waals surface area (Å²) in [6.45, 7) is 11.5. The molecule has 3 N–H and O–H groups in total. The van der Waals surface area contributed by atoms with E-state index in [1.54, 1.807) is 6.20 Å². The van der Waals surface area contributed by atoms with E-state index in [4.69, 9.17) is 11.6 Å². The van der Waals surface area contributed by atoms with Crippen molar-refractivity contribution in [3.05, 3.63) is 63.6 Å². The number of hydrogen-bond donors (Lipinski definition) is 3. The molecular formula is C25H28N12O. The van der Waals surface area contributed by atoms with Crippen LogP contribution in [-0.4, -0.2) is 77.9 Å². The predicted octanol–water partition coefficient (Wildman–Crippen LogP) is 2.24. The van der Waals surface area contributed by atoms with Gasteiger partial charge in [-0.3, -0.25) is 9.69 Å². The van der Waals surface area contributed by atoms with Crippen molar-refractivity contribution in [3.8, 4) is 0 Å². The second kappa shape index (κ2) is 10.5. The third kappa shape index (κ3) is 5.03. The SMILES string of the molecule is [C-]#[N+]C1CCN(c2nc(Nc3ccc(CN4CCC(c5nn[nH]n5)CC4)cc3)c3c(=O)[nH]ncc3n2)CC1. The average Bonchev–Trinajstić information content (AvgIpc) is 3.50. The first kappa shape index (κ1) is 23.9. The van der Waals surface area contributed by atoms with Crippen LogP contribution in [0.25, 0.3) is 15.7 Å². The molecule has 0 bridgehead atoms. The van der Waals surface area contributed by atoms with Crippen molar-refractivity contribution in [2.24, 2.45) is 0 Å². The van der Waals surface area contributed by atoms with E-state index in [1.165, 1.54) is 5.56 Å². The zero-order valence-corrected chi connectivity index (χ0v) is 20.8. The minimum absolute atomic E-state index is 0.0455. The molecule has 0 saturated carbocycles. The summed E-state index contributed by atoms with van der Waals surface area (Å²) in [5, 5.41) is 24.6. The molecule has 194 valence electrons. The van der Waals surface area contributed by atoms with Crippen LogP contribution in [0.1, 0.15) is 43.0 Å². The fourth-order valence-corrected chi connectivity index (χ4v) is 5.20. The Morgan fingerprint density at radius 3 is 2.55 bits per heavy atom. The fourth-order valence-electron chi connectivity index (χ4n) is 5.20. The molecule has 0 aliphatic carbocycles. The van der Waals surface area contributed by atoms with Gasteiger partial charge in [-0.05, 0) is 43.6 Å². The maximum Gasteiger partial charge on any atom is 0.277 e.